The summed E-state index contributed by atoms with van der Waals surface area (Å²) in [6.45, 7) is 0. The molecule has 0 N–H and O–H groups in total. The van der Waals surface area contributed by atoms with E-state index in [1.165, 1.54) is 98.4 Å². The standard InChI is InChI=1S/C42H22Br2/c43-26-15-11-24(12-16-26)37-30-7-1-2-8-31(30)38(25-13-17-27(44)18-14-25)42-35-22-20-33-29-10-4-6-23-5-3-9-28(36(23)29)32-19-21-34(41(37)42)40(35)39(32)33/h1-22H. The van der Waals surface area contributed by atoms with Crippen LogP contribution in [0.25, 0.3) is 98.4 Å². The summed E-state index contributed by atoms with van der Waals surface area (Å²) in [5.74, 6) is 0. The fourth-order valence-corrected chi connectivity index (χ4v) is 8.49. The van der Waals surface area contributed by atoms with Crippen LogP contribution in [0.3, 0.4) is 0 Å². The molecular weight excluding hydrogens is 664 g/mol. The zero-order valence-electron chi connectivity index (χ0n) is 23.5. The highest BCUT2D eigenvalue weighted by atomic mass is 79.9. The normalized spacial score (nSPS) is 12.3. The van der Waals surface area contributed by atoms with Gasteiger partial charge in [0, 0.05) is 8.95 Å². The average Bonchev–Trinajstić information content (AvgIpc) is 3.40. The van der Waals surface area contributed by atoms with Crippen molar-refractivity contribution in [3.8, 4) is 44.5 Å². The van der Waals surface area contributed by atoms with Gasteiger partial charge in [0.05, 0.1) is 0 Å². The van der Waals surface area contributed by atoms with Gasteiger partial charge in [-0.25, -0.2) is 0 Å². The van der Waals surface area contributed by atoms with Gasteiger partial charge < -0.3 is 0 Å². The van der Waals surface area contributed by atoms with Crippen LogP contribution >= 0.6 is 31.9 Å². The molecule has 0 unspecified atom stereocenters. The first-order valence-electron chi connectivity index (χ1n) is 14.9. The molecule has 0 fully saturated rings. The van der Waals surface area contributed by atoms with E-state index < -0.39 is 0 Å². The van der Waals surface area contributed by atoms with E-state index in [1.807, 2.05) is 0 Å². The highest BCUT2D eigenvalue weighted by molar-refractivity contribution is 9.10. The number of rotatable bonds is 2. The molecular formula is C42H22Br2. The van der Waals surface area contributed by atoms with E-state index in [2.05, 4.69) is 165 Å². The molecule has 1 aliphatic rings. The summed E-state index contributed by atoms with van der Waals surface area (Å²) >= 11 is 7.35. The van der Waals surface area contributed by atoms with Crippen LogP contribution in [0, 0.1) is 0 Å². The van der Waals surface area contributed by atoms with E-state index in [0.29, 0.717) is 0 Å². The van der Waals surface area contributed by atoms with Crippen molar-refractivity contribution in [1.29, 1.82) is 0 Å². The molecule has 0 saturated heterocycles. The lowest BCUT2D eigenvalue weighted by Crippen LogP contribution is -1.93. The van der Waals surface area contributed by atoms with Gasteiger partial charge >= 0.3 is 0 Å². The molecule has 0 spiro atoms. The van der Waals surface area contributed by atoms with Crippen molar-refractivity contribution in [1.82, 2.24) is 0 Å². The van der Waals surface area contributed by atoms with Gasteiger partial charge in [0.25, 0.3) is 0 Å². The summed E-state index contributed by atoms with van der Waals surface area (Å²) in [5.41, 5.74) is 10.4. The molecule has 0 radical (unpaired) electrons. The van der Waals surface area contributed by atoms with E-state index in [4.69, 9.17) is 0 Å². The van der Waals surface area contributed by atoms with E-state index in [1.54, 1.807) is 0 Å². The highest BCUT2D eigenvalue weighted by Crippen LogP contribution is 2.59. The average molecular weight is 686 g/mol. The number of benzene rings is 9. The van der Waals surface area contributed by atoms with Crippen molar-refractivity contribution in [2.24, 2.45) is 0 Å². The molecule has 0 aliphatic heterocycles. The van der Waals surface area contributed by atoms with E-state index in [-0.39, 0.29) is 0 Å². The number of halogens is 2. The monoisotopic (exact) mass is 684 g/mol. The number of hydrogen-bond donors (Lipinski definition) is 0. The summed E-state index contributed by atoms with van der Waals surface area (Å²) in [4.78, 5) is 0. The lowest BCUT2D eigenvalue weighted by atomic mass is 9.82. The van der Waals surface area contributed by atoms with Gasteiger partial charge in [0.2, 0.25) is 0 Å². The van der Waals surface area contributed by atoms with Gasteiger partial charge in [0.15, 0.2) is 0 Å². The molecule has 9 aromatic rings. The summed E-state index contributed by atoms with van der Waals surface area (Å²) in [7, 11) is 0. The Kier molecular flexibility index (Phi) is 5.10. The zero-order chi connectivity index (χ0) is 29.1. The lowest BCUT2D eigenvalue weighted by Gasteiger charge is -2.20. The Hall–Kier alpha value is -4.50. The maximum absolute atomic E-state index is 3.68. The van der Waals surface area contributed by atoms with Crippen molar-refractivity contribution >= 4 is 85.7 Å². The van der Waals surface area contributed by atoms with Gasteiger partial charge in [-0.1, -0.05) is 141 Å². The Bertz CT molecular complexity index is 2470. The summed E-state index contributed by atoms with van der Waals surface area (Å²) in [6, 6.07) is 49.7. The number of hydrogen-bond acceptors (Lipinski definition) is 0. The Labute approximate surface area is 271 Å². The van der Waals surface area contributed by atoms with Crippen molar-refractivity contribution in [3.63, 3.8) is 0 Å². The van der Waals surface area contributed by atoms with Crippen molar-refractivity contribution < 1.29 is 0 Å². The minimum atomic E-state index is 1.09. The Morgan fingerprint density at radius 2 is 0.727 bits per heavy atom. The molecule has 0 nitrogen and oxygen atoms in total. The fourth-order valence-electron chi connectivity index (χ4n) is 7.96. The van der Waals surface area contributed by atoms with Gasteiger partial charge in [-0.3, -0.25) is 0 Å². The molecule has 10 rings (SSSR count). The molecule has 2 heteroatoms. The summed E-state index contributed by atoms with van der Waals surface area (Å²) in [6.07, 6.45) is 0. The smallest absolute Gasteiger partial charge is 0.0175 e. The van der Waals surface area contributed by atoms with E-state index >= 15 is 0 Å². The van der Waals surface area contributed by atoms with E-state index in [9.17, 15) is 0 Å². The fraction of sp³-hybridized carbons (Fsp3) is 0. The third-order valence-corrected chi connectivity index (χ3v) is 10.7. The first kappa shape index (κ1) is 24.9. The molecule has 0 bridgehead atoms. The topological polar surface area (TPSA) is 0 Å². The maximum atomic E-state index is 3.68. The van der Waals surface area contributed by atoms with Gasteiger partial charge in [-0.15, -0.1) is 0 Å². The first-order chi connectivity index (χ1) is 21.7. The van der Waals surface area contributed by atoms with Crippen molar-refractivity contribution in [2.45, 2.75) is 0 Å². The van der Waals surface area contributed by atoms with Crippen LogP contribution in [0.2, 0.25) is 0 Å². The largest absolute Gasteiger partial charge is 0.0616 e. The molecule has 44 heavy (non-hydrogen) atoms. The molecule has 0 amide bonds. The van der Waals surface area contributed by atoms with E-state index in [0.717, 1.165) is 8.95 Å². The third kappa shape index (κ3) is 3.22. The van der Waals surface area contributed by atoms with Crippen LogP contribution in [0.5, 0.6) is 0 Å². The van der Waals surface area contributed by atoms with Crippen molar-refractivity contribution in [3.05, 3.63) is 142 Å². The van der Waals surface area contributed by atoms with Crippen LogP contribution in [0.1, 0.15) is 0 Å². The van der Waals surface area contributed by atoms with Gasteiger partial charge in [-0.05, 0) is 123 Å². The predicted molar refractivity (Wildman–Crippen MR) is 196 cm³/mol. The molecule has 0 aromatic heterocycles. The van der Waals surface area contributed by atoms with Gasteiger partial charge in [0.1, 0.15) is 0 Å². The predicted octanol–water partition coefficient (Wildman–Crippen LogP) is 13.4. The van der Waals surface area contributed by atoms with Crippen LogP contribution in [-0.4, -0.2) is 0 Å². The maximum Gasteiger partial charge on any atom is 0.0175 e. The quantitative estimate of drug-likeness (QED) is 0.125. The van der Waals surface area contributed by atoms with Gasteiger partial charge in [-0.2, -0.15) is 0 Å². The molecule has 0 atom stereocenters. The summed E-state index contributed by atoms with van der Waals surface area (Å²) in [5, 5.41) is 13.3. The van der Waals surface area contributed by atoms with Crippen LogP contribution in [0.4, 0.5) is 0 Å². The molecule has 204 valence electrons. The van der Waals surface area contributed by atoms with Crippen LogP contribution in [0.15, 0.2) is 142 Å². The first-order valence-corrected chi connectivity index (χ1v) is 16.5. The second-order valence-electron chi connectivity index (χ2n) is 11.8. The second kappa shape index (κ2) is 9.01. The Morgan fingerprint density at radius 1 is 0.295 bits per heavy atom. The zero-order valence-corrected chi connectivity index (χ0v) is 26.6. The Morgan fingerprint density at radius 3 is 1.20 bits per heavy atom. The molecule has 0 saturated carbocycles. The number of fused-ring (bicyclic) bond motifs is 6. The lowest BCUT2D eigenvalue weighted by molar-refractivity contribution is 1.60. The van der Waals surface area contributed by atoms with Crippen LogP contribution < -0.4 is 0 Å². The SMILES string of the molecule is Brc1ccc(-c2c3c(c(-c4ccc(Br)cc4)c4ccccc24)-c2ccc4c5cccc6cccc(c7ccc-3c2c74)c65)cc1. The highest BCUT2D eigenvalue weighted by Gasteiger charge is 2.32. The van der Waals surface area contributed by atoms with Crippen molar-refractivity contribution in [2.75, 3.05) is 0 Å². The second-order valence-corrected chi connectivity index (χ2v) is 13.7. The third-order valence-electron chi connectivity index (χ3n) is 9.67. The molecule has 0 heterocycles. The Balaban J connectivity index is 1.45. The minimum absolute atomic E-state index is 1.09. The molecule has 9 aromatic carbocycles. The minimum Gasteiger partial charge on any atom is -0.0616 e. The molecule has 1 aliphatic carbocycles. The summed E-state index contributed by atoms with van der Waals surface area (Å²) < 4.78 is 2.17. The van der Waals surface area contributed by atoms with Crippen LogP contribution in [-0.2, 0) is 0 Å².